The lowest BCUT2D eigenvalue weighted by Gasteiger charge is -2.46. The van der Waals surface area contributed by atoms with E-state index in [9.17, 15) is 18.0 Å². The van der Waals surface area contributed by atoms with Gasteiger partial charge >= 0.3 is 6.18 Å². The molecule has 3 rings (SSSR count). The molecule has 7 heteroatoms. The van der Waals surface area contributed by atoms with E-state index in [1.54, 1.807) is 0 Å². The number of morpholine rings is 1. The van der Waals surface area contributed by atoms with E-state index < -0.39 is 29.3 Å². The lowest BCUT2D eigenvalue weighted by atomic mass is 9.88. The average molecular weight is 442 g/mol. The van der Waals surface area contributed by atoms with E-state index in [0.29, 0.717) is 0 Å². The number of ether oxygens (including phenoxy) is 1. The number of rotatable bonds is 2. The molecule has 0 radical (unpaired) electrons. The second kappa shape index (κ2) is 7.28. The van der Waals surface area contributed by atoms with Crippen LogP contribution >= 0.6 is 15.9 Å². The first-order chi connectivity index (χ1) is 12.6. The minimum atomic E-state index is -4.63. The van der Waals surface area contributed by atoms with Crippen LogP contribution in [0.4, 0.5) is 13.2 Å². The van der Waals surface area contributed by atoms with Crippen LogP contribution in [0.1, 0.15) is 41.4 Å². The van der Waals surface area contributed by atoms with Crippen molar-refractivity contribution < 1.29 is 22.7 Å². The second-order valence-electron chi connectivity index (χ2n) is 6.95. The van der Waals surface area contributed by atoms with Gasteiger partial charge in [0.15, 0.2) is 0 Å². The quantitative estimate of drug-likeness (QED) is 0.618. The van der Waals surface area contributed by atoms with Crippen molar-refractivity contribution in [2.45, 2.75) is 31.7 Å². The van der Waals surface area contributed by atoms with Crippen LogP contribution in [0, 0.1) is 0 Å². The SMILES string of the molecule is CC1(C)OCCN(C(=O)c2ccc(Br)cc2C(F)(F)F)C1c1ccccc1. The first-order valence-electron chi connectivity index (χ1n) is 8.48. The van der Waals surface area contributed by atoms with Crippen molar-refractivity contribution in [3.8, 4) is 0 Å². The minimum Gasteiger partial charge on any atom is -0.371 e. The lowest BCUT2D eigenvalue weighted by Crippen LogP contribution is -2.53. The van der Waals surface area contributed by atoms with E-state index >= 15 is 0 Å². The smallest absolute Gasteiger partial charge is 0.371 e. The van der Waals surface area contributed by atoms with E-state index in [-0.39, 0.29) is 23.2 Å². The zero-order chi connectivity index (χ0) is 19.8. The van der Waals surface area contributed by atoms with Gasteiger partial charge in [-0.15, -0.1) is 0 Å². The van der Waals surface area contributed by atoms with Crippen LogP contribution in [0.5, 0.6) is 0 Å². The number of carbonyl (C=O) groups is 1. The molecule has 144 valence electrons. The van der Waals surface area contributed by atoms with Gasteiger partial charge in [0.05, 0.1) is 29.4 Å². The summed E-state index contributed by atoms with van der Waals surface area (Å²) in [5.74, 6) is -0.653. The van der Waals surface area contributed by atoms with Crippen molar-refractivity contribution in [3.05, 3.63) is 69.7 Å². The maximum absolute atomic E-state index is 13.5. The third kappa shape index (κ3) is 4.04. The maximum Gasteiger partial charge on any atom is 0.417 e. The Morgan fingerprint density at radius 2 is 1.85 bits per heavy atom. The lowest BCUT2D eigenvalue weighted by molar-refractivity contribution is -0.138. The summed E-state index contributed by atoms with van der Waals surface area (Å²) < 4.78 is 46.6. The fourth-order valence-electron chi connectivity index (χ4n) is 3.52. The Balaban J connectivity index is 2.08. The van der Waals surface area contributed by atoms with Crippen LogP contribution in [0.25, 0.3) is 0 Å². The van der Waals surface area contributed by atoms with Gasteiger partial charge in [-0.25, -0.2) is 0 Å². The molecule has 1 aliphatic heterocycles. The van der Waals surface area contributed by atoms with Crippen LogP contribution in [0.2, 0.25) is 0 Å². The van der Waals surface area contributed by atoms with Crippen molar-refractivity contribution in [1.29, 1.82) is 0 Å². The molecule has 0 bridgehead atoms. The number of alkyl halides is 3. The molecule has 1 amide bonds. The van der Waals surface area contributed by atoms with Crippen molar-refractivity contribution in [2.75, 3.05) is 13.2 Å². The monoisotopic (exact) mass is 441 g/mol. The summed E-state index contributed by atoms with van der Waals surface area (Å²) in [5, 5.41) is 0. The number of halogens is 4. The Morgan fingerprint density at radius 1 is 1.19 bits per heavy atom. The van der Waals surface area contributed by atoms with Crippen LogP contribution in [-0.2, 0) is 10.9 Å². The van der Waals surface area contributed by atoms with E-state index in [1.165, 1.54) is 17.0 Å². The summed E-state index contributed by atoms with van der Waals surface area (Å²) in [4.78, 5) is 14.7. The van der Waals surface area contributed by atoms with Gasteiger partial charge in [-0.1, -0.05) is 46.3 Å². The number of nitrogens with zero attached hydrogens (tertiary/aromatic N) is 1. The minimum absolute atomic E-state index is 0.217. The Bertz CT molecular complexity index is 837. The molecule has 1 saturated heterocycles. The molecular weight excluding hydrogens is 423 g/mol. The Labute approximate surface area is 164 Å². The highest BCUT2D eigenvalue weighted by Gasteiger charge is 2.44. The Hall–Kier alpha value is -1.86. The highest BCUT2D eigenvalue weighted by Crippen LogP contribution is 2.40. The van der Waals surface area contributed by atoms with E-state index in [2.05, 4.69) is 15.9 Å². The molecule has 1 heterocycles. The highest BCUT2D eigenvalue weighted by molar-refractivity contribution is 9.10. The molecule has 1 fully saturated rings. The van der Waals surface area contributed by atoms with Gasteiger partial charge in [0.25, 0.3) is 5.91 Å². The first-order valence-corrected chi connectivity index (χ1v) is 9.27. The fraction of sp³-hybridized carbons (Fsp3) is 0.350. The zero-order valence-electron chi connectivity index (χ0n) is 14.9. The van der Waals surface area contributed by atoms with E-state index in [0.717, 1.165) is 11.6 Å². The van der Waals surface area contributed by atoms with Crippen molar-refractivity contribution in [3.63, 3.8) is 0 Å². The van der Waals surface area contributed by atoms with Crippen molar-refractivity contribution >= 4 is 21.8 Å². The topological polar surface area (TPSA) is 29.5 Å². The van der Waals surface area contributed by atoms with Crippen molar-refractivity contribution in [1.82, 2.24) is 4.90 Å². The number of hydrogen-bond acceptors (Lipinski definition) is 2. The fourth-order valence-corrected chi connectivity index (χ4v) is 3.88. The Kier molecular flexibility index (Phi) is 5.36. The summed E-state index contributed by atoms with van der Waals surface area (Å²) in [6.07, 6.45) is -4.63. The summed E-state index contributed by atoms with van der Waals surface area (Å²) in [5.41, 5.74) is -1.22. The van der Waals surface area contributed by atoms with Crippen LogP contribution in [0.15, 0.2) is 53.0 Å². The van der Waals surface area contributed by atoms with Crippen LogP contribution < -0.4 is 0 Å². The number of benzene rings is 2. The number of hydrogen-bond donors (Lipinski definition) is 0. The van der Waals surface area contributed by atoms with Gasteiger partial charge in [-0.3, -0.25) is 4.79 Å². The molecule has 0 saturated carbocycles. The van der Waals surface area contributed by atoms with Crippen LogP contribution in [0.3, 0.4) is 0 Å². The third-order valence-electron chi connectivity index (χ3n) is 4.67. The van der Waals surface area contributed by atoms with E-state index in [4.69, 9.17) is 4.74 Å². The molecule has 3 nitrogen and oxygen atoms in total. The summed E-state index contributed by atoms with van der Waals surface area (Å²) in [7, 11) is 0. The molecule has 0 aliphatic carbocycles. The molecule has 27 heavy (non-hydrogen) atoms. The summed E-state index contributed by atoms with van der Waals surface area (Å²) in [6, 6.07) is 12.4. The molecule has 0 N–H and O–H groups in total. The molecule has 2 aromatic carbocycles. The molecule has 1 aliphatic rings. The van der Waals surface area contributed by atoms with Gasteiger partial charge in [0, 0.05) is 11.0 Å². The predicted octanol–water partition coefficient (Wildman–Crippen LogP) is 5.46. The zero-order valence-corrected chi connectivity index (χ0v) is 16.5. The summed E-state index contributed by atoms with van der Waals surface area (Å²) >= 11 is 3.06. The third-order valence-corrected chi connectivity index (χ3v) is 5.16. The first kappa shape index (κ1) is 19.9. The van der Waals surface area contributed by atoms with Crippen LogP contribution in [-0.4, -0.2) is 29.6 Å². The predicted molar refractivity (Wildman–Crippen MR) is 99.4 cm³/mol. The Morgan fingerprint density at radius 3 is 2.48 bits per heavy atom. The molecule has 1 unspecified atom stereocenters. The van der Waals surface area contributed by atoms with Crippen molar-refractivity contribution in [2.24, 2.45) is 0 Å². The molecule has 0 aromatic heterocycles. The van der Waals surface area contributed by atoms with Gasteiger partial charge < -0.3 is 9.64 Å². The number of amides is 1. The molecule has 0 spiro atoms. The summed E-state index contributed by atoms with van der Waals surface area (Å²) in [6.45, 7) is 4.17. The standard InChI is InChI=1S/C20H19BrF3NO2/c1-19(2)17(13-6-4-3-5-7-13)25(10-11-27-19)18(26)15-9-8-14(21)12-16(15)20(22,23)24/h3-9,12,17H,10-11H2,1-2H3. The largest absolute Gasteiger partial charge is 0.417 e. The molecule has 2 aromatic rings. The van der Waals surface area contributed by atoms with Gasteiger partial charge in [-0.05, 0) is 37.6 Å². The average Bonchev–Trinajstić information content (AvgIpc) is 2.60. The van der Waals surface area contributed by atoms with E-state index in [1.807, 2.05) is 44.2 Å². The molecular formula is C20H19BrF3NO2. The molecule has 1 atom stereocenters. The van der Waals surface area contributed by atoms with Gasteiger partial charge in [0.1, 0.15) is 0 Å². The normalized spacial score (nSPS) is 19.8. The number of carbonyl (C=O) groups excluding carboxylic acids is 1. The second-order valence-corrected chi connectivity index (χ2v) is 7.87. The van der Waals surface area contributed by atoms with Gasteiger partial charge in [-0.2, -0.15) is 13.2 Å². The maximum atomic E-state index is 13.5. The van der Waals surface area contributed by atoms with Gasteiger partial charge in [0.2, 0.25) is 0 Å². The highest BCUT2D eigenvalue weighted by atomic mass is 79.9.